The van der Waals surface area contributed by atoms with Crippen molar-refractivity contribution in [2.45, 2.75) is 69.2 Å². The molecule has 0 aromatic heterocycles. The summed E-state index contributed by atoms with van der Waals surface area (Å²) >= 11 is 0. The minimum absolute atomic E-state index is 0.0827. The number of piperidine rings is 2. The Bertz CT molecular complexity index is 904. The molecule has 164 valence electrons. The molecule has 0 bridgehead atoms. The molecule has 1 aromatic carbocycles. The zero-order valence-electron chi connectivity index (χ0n) is 17.8. The van der Waals surface area contributed by atoms with E-state index in [1.54, 1.807) is 12.1 Å². The number of carbonyl (C=O) groups is 2. The molecule has 7 heteroatoms. The van der Waals surface area contributed by atoms with Crippen LogP contribution in [-0.4, -0.2) is 55.0 Å². The molecule has 2 heterocycles. The van der Waals surface area contributed by atoms with E-state index < -0.39 is 10.0 Å². The largest absolute Gasteiger partial charge is 0.339 e. The van der Waals surface area contributed by atoms with Gasteiger partial charge in [-0.05, 0) is 63.5 Å². The fraction of sp³-hybridized carbons (Fsp3) is 0.652. The van der Waals surface area contributed by atoms with Crippen molar-refractivity contribution in [2.75, 3.05) is 19.6 Å². The molecular weight excluding hydrogens is 400 g/mol. The van der Waals surface area contributed by atoms with Crippen LogP contribution in [0.2, 0.25) is 0 Å². The first kappa shape index (κ1) is 21.5. The first-order valence-electron chi connectivity index (χ1n) is 11.3. The van der Waals surface area contributed by atoms with Gasteiger partial charge in [0.2, 0.25) is 15.9 Å². The highest BCUT2D eigenvalue weighted by Gasteiger charge is 2.40. The summed E-state index contributed by atoms with van der Waals surface area (Å²) in [5.74, 6) is 0.660. The number of rotatable bonds is 4. The molecule has 2 atom stereocenters. The highest BCUT2D eigenvalue weighted by atomic mass is 32.2. The van der Waals surface area contributed by atoms with E-state index in [9.17, 15) is 18.0 Å². The molecule has 4 rings (SSSR count). The van der Waals surface area contributed by atoms with Gasteiger partial charge in [0.15, 0.2) is 5.78 Å². The van der Waals surface area contributed by atoms with Crippen LogP contribution >= 0.6 is 0 Å². The summed E-state index contributed by atoms with van der Waals surface area (Å²) in [5.41, 5.74) is 0.397. The maximum atomic E-state index is 13.3. The predicted molar refractivity (Wildman–Crippen MR) is 115 cm³/mol. The first-order valence-corrected chi connectivity index (χ1v) is 12.7. The van der Waals surface area contributed by atoms with Gasteiger partial charge in [-0.15, -0.1) is 0 Å². The van der Waals surface area contributed by atoms with E-state index in [0.29, 0.717) is 43.5 Å². The Kier molecular flexibility index (Phi) is 6.30. The molecule has 30 heavy (non-hydrogen) atoms. The average molecular weight is 433 g/mol. The molecule has 2 saturated heterocycles. The van der Waals surface area contributed by atoms with Crippen LogP contribution in [0.3, 0.4) is 0 Å². The summed E-state index contributed by atoms with van der Waals surface area (Å²) in [6, 6.07) is 6.62. The van der Waals surface area contributed by atoms with Crippen molar-refractivity contribution in [3.8, 4) is 0 Å². The van der Waals surface area contributed by atoms with Crippen LogP contribution in [0.1, 0.15) is 68.6 Å². The number of hydrogen-bond donors (Lipinski definition) is 0. The van der Waals surface area contributed by atoms with Gasteiger partial charge in [-0.25, -0.2) is 8.42 Å². The summed E-state index contributed by atoms with van der Waals surface area (Å²) in [4.78, 5) is 27.2. The van der Waals surface area contributed by atoms with Gasteiger partial charge in [-0.1, -0.05) is 25.0 Å². The number of Topliss-reactive ketones (excluding diaryl/α,β-unsaturated/α-hetero) is 1. The lowest BCUT2D eigenvalue weighted by Gasteiger charge is -2.46. The van der Waals surface area contributed by atoms with Crippen LogP contribution in [0.15, 0.2) is 29.2 Å². The Morgan fingerprint density at radius 1 is 0.933 bits per heavy atom. The van der Waals surface area contributed by atoms with Crippen LogP contribution in [0.5, 0.6) is 0 Å². The first-order chi connectivity index (χ1) is 14.4. The van der Waals surface area contributed by atoms with E-state index in [-0.39, 0.29) is 22.5 Å². The summed E-state index contributed by atoms with van der Waals surface area (Å²) in [7, 11) is -3.65. The molecule has 1 aliphatic carbocycles. The second-order valence-electron chi connectivity index (χ2n) is 9.05. The van der Waals surface area contributed by atoms with Gasteiger partial charge in [0, 0.05) is 37.2 Å². The van der Waals surface area contributed by atoms with Crippen molar-refractivity contribution in [3.63, 3.8) is 0 Å². The van der Waals surface area contributed by atoms with E-state index in [4.69, 9.17) is 0 Å². The van der Waals surface area contributed by atoms with Crippen molar-refractivity contribution in [1.29, 1.82) is 0 Å². The fourth-order valence-electron chi connectivity index (χ4n) is 5.50. The third-order valence-electron chi connectivity index (χ3n) is 7.21. The van der Waals surface area contributed by atoms with Crippen LogP contribution in [0, 0.1) is 11.8 Å². The predicted octanol–water partition coefficient (Wildman–Crippen LogP) is 3.47. The molecule has 2 aliphatic heterocycles. The number of fused-ring (bicyclic) bond motifs is 1. The topological polar surface area (TPSA) is 74.8 Å². The minimum atomic E-state index is -3.65. The van der Waals surface area contributed by atoms with Gasteiger partial charge in [0.05, 0.1) is 4.90 Å². The molecule has 0 N–H and O–H groups in total. The molecule has 3 aliphatic rings. The quantitative estimate of drug-likeness (QED) is 0.683. The summed E-state index contributed by atoms with van der Waals surface area (Å²) in [5, 5.41) is 0. The second-order valence-corrected chi connectivity index (χ2v) is 11.0. The molecule has 3 fully saturated rings. The van der Waals surface area contributed by atoms with Crippen molar-refractivity contribution < 1.29 is 18.0 Å². The molecular formula is C23H32N2O4S. The Morgan fingerprint density at radius 3 is 2.37 bits per heavy atom. The lowest BCUT2D eigenvalue weighted by molar-refractivity contribution is -0.143. The normalized spacial score (nSPS) is 26.2. The minimum Gasteiger partial charge on any atom is -0.339 e. The summed E-state index contributed by atoms with van der Waals surface area (Å²) in [6.45, 7) is 2.99. The van der Waals surface area contributed by atoms with Gasteiger partial charge >= 0.3 is 0 Å². The van der Waals surface area contributed by atoms with E-state index >= 15 is 0 Å². The molecule has 1 aromatic rings. The van der Waals surface area contributed by atoms with Crippen LogP contribution in [0.25, 0.3) is 0 Å². The molecule has 0 unspecified atom stereocenters. The molecule has 0 spiro atoms. The zero-order chi connectivity index (χ0) is 21.3. The molecule has 0 radical (unpaired) electrons. The van der Waals surface area contributed by atoms with Crippen LogP contribution < -0.4 is 0 Å². The zero-order valence-corrected chi connectivity index (χ0v) is 18.6. The number of hydrogen-bond acceptors (Lipinski definition) is 4. The number of ketones is 1. The summed E-state index contributed by atoms with van der Waals surface area (Å²) < 4.78 is 27.6. The number of nitrogens with zero attached hydrogens (tertiary/aromatic N) is 2. The fourth-order valence-corrected chi connectivity index (χ4v) is 7.02. The smallest absolute Gasteiger partial charge is 0.243 e. The third kappa shape index (κ3) is 4.19. The Balaban J connectivity index is 1.41. The number of likely N-dealkylation sites (tertiary alicyclic amines) is 1. The molecule has 6 nitrogen and oxygen atoms in total. The van der Waals surface area contributed by atoms with Crippen molar-refractivity contribution >= 4 is 21.7 Å². The van der Waals surface area contributed by atoms with Crippen molar-refractivity contribution in [2.24, 2.45) is 11.8 Å². The monoisotopic (exact) mass is 432 g/mol. The number of sulfonamides is 1. The Labute approximate surface area is 179 Å². The lowest BCUT2D eigenvalue weighted by Crippen LogP contribution is -2.53. The standard InChI is InChI=1S/C23H32N2O4S/c1-17(26)20-7-4-9-21(16-20)30(28,29)24-14-11-19(12-15-24)23(27)25-13-5-8-18-6-2-3-10-22(18)25/h4,7,9,16,18-19,22H,2-3,5-6,8,10-15H2,1H3/t18-,22+/m1/s1. The second kappa shape index (κ2) is 8.79. The molecule has 1 amide bonds. The number of benzene rings is 1. The third-order valence-corrected chi connectivity index (χ3v) is 9.10. The number of carbonyl (C=O) groups excluding carboxylic acids is 2. The van der Waals surface area contributed by atoms with E-state index in [2.05, 4.69) is 4.90 Å². The SMILES string of the molecule is CC(=O)c1cccc(S(=O)(=O)N2CCC(C(=O)N3CCC[C@H]4CCCC[C@@H]43)CC2)c1. The van der Waals surface area contributed by atoms with Crippen LogP contribution in [0.4, 0.5) is 0 Å². The molecule has 1 saturated carbocycles. The Hall–Kier alpha value is -1.73. The maximum absolute atomic E-state index is 13.3. The average Bonchev–Trinajstić information content (AvgIpc) is 2.78. The summed E-state index contributed by atoms with van der Waals surface area (Å²) in [6.07, 6.45) is 8.32. The maximum Gasteiger partial charge on any atom is 0.243 e. The van der Waals surface area contributed by atoms with E-state index in [0.717, 1.165) is 19.4 Å². The Morgan fingerprint density at radius 2 is 1.63 bits per heavy atom. The highest BCUT2D eigenvalue weighted by molar-refractivity contribution is 7.89. The highest BCUT2D eigenvalue weighted by Crippen LogP contribution is 2.37. The number of amides is 1. The van der Waals surface area contributed by atoms with Gasteiger partial charge in [0.25, 0.3) is 0 Å². The van der Waals surface area contributed by atoms with Gasteiger partial charge in [0.1, 0.15) is 0 Å². The van der Waals surface area contributed by atoms with Crippen molar-refractivity contribution in [1.82, 2.24) is 9.21 Å². The van der Waals surface area contributed by atoms with E-state index in [1.807, 2.05) is 0 Å². The van der Waals surface area contributed by atoms with Crippen LogP contribution in [-0.2, 0) is 14.8 Å². The van der Waals surface area contributed by atoms with Crippen molar-refractivity contribution in [3.05, 3.63) is 29.8 Å². The van der Waals surface area contributed by atoms with Gasteiger partial charge < -0.3 is 4.90 Å². The van der Waals surface area contributed by atoms with Gasteiger partial charge in [-0.3, -0.25) is 9.59 Å². The van der Waals surface area contributed by atoms with E-state index in [1.165, 1.54) is 49.0 Å². The van der Waals surface area contributed by atoms with Gasteiger partial charge in [-0.2, -0.15) is 4.31 Å². The lowest BCUT2D eigenvalue weighted by atomic mass is 9.77.